The van der Waals surface area contributed by atoms with Crippen LogP contribution >= 0.6 is 0 Å². The monoisotopic (exact) mass is 760 g/mol. The van der Waals surface area contributed by atoms with Crippen molar-refractivity contribution in [3.05, 3.63) is 180 Å². The zero-order valence-electron chi connectivity index (χ0n) is 34.9. The zero-order valence-corrected chi connectivity index (χ0v) is 34.9. The van der Waals surface area contributed by atoms with Crippen LogP contribution < -0.4 is 14.5 Å². The highest BCUT2D eigenvalue weighted by molar-refractivity contribution is 6.09. The lowest BCUT2D eigenvalue weighted by Crippen LogP contribution is -2.24. The molecule has 58 heavy (non-hydrogen) atoms. The Hall–Kier alpha value is -6.33. The SMILES string of the molecule is CC(C)(C)c1ccc(N2CN(c3cc(Oc4ccc5c6ccccc6n(-c6cc(C(C)(C)c7ccccc7)ccn6)c5c4)cc(C(C)(C)C)c3)c3ccccc32)cc1. The fraction of sp³-hybridized carbons (Fsp3) is 0.226. The molecule has 1 aliphatic heterocycles. The number of aromatic nitrogens is 2. The second-order valence-electron chi connectivity index (χ2n) is 18.3. The van der Waals surface area contributed by atoms with Gasteiger partial charge in [-0.25, -0.2) is 4.98 Å². The van der Waals surface area contributed by atoms with E-state index in [0.29, 0.717) is 6.67 Å². The number of rotatable bonds is 7. The molecule has 0 atom stereocenters. The van der Waals surface area contributed by atoms with Crippen molar-refractivity contribution < 1.29 is 4.74 Å². The quantitative estimate of drug-likeness (QED) is 0.162. The molecule has 290 valence electrons. The summed E-state index contributed by atoms with van der Waals surface area (Å²) in [7, 11) is 0. The predicted molar refractivity (Wildman–Crippen MR) is 243 cm³/mol. The smallest absolute Gasteiger partial charge is 0.137 e. The number of nitrogens with zero attached hydrogens (tertiary/aromatic N) is 4. The largest absolute Gasteiger partial charge is 0.457 e. The molecule has 0 aliphatic carbocycles. The van der Waals surface area contributed by atoms with Crippen molar-refractivity contribution in [1.82, 2.24) is 9.55 Å². The molecule has 1 aliphatic rings. The zero-order chi connectivity index (χ0) is 40.4. The van der Waals surface area contributed by atoms with Gasteiger partial charge in [-0.2, -0.15) is 0 Å². The molecule has 0 fully saturated rings. The summed E-state index contributed by atoms with van der Waals surface area (Å²) >= 11 is 0. The molecular formula is C53H52N4O. The molecule has 9 rings (SSSR count). The van der Waals surface area contributed by atoms with Crippen LogP contribution in [0.4, 0.5) is 22.7 Å². The minimum Gasteiger partial charge on any atom is -0.457 e. The summed E-state index contributed by atoms with van der Waals surface area (Å²) in [5, 5.41) is 2.34. The fourth-order valence-electron chi connectivity index (χ4n) is 8.38. The van der Waals surface area contributed by atoms with Gasteiger partial charge < -0.3 is 14.5 Å². The van der Waals surface area contributed by atoms with E-state index < -0.39 is 0 Å². The van der Waals surface area contributed by atoms with Crippen molar-refractivity contribution in [2.45, 2.75) is 71.6 Å². The molecule has 2 aromatic heterocycles. The molecule has 0 radical (unpaired) electrons. The van der Waals surface area contributed by atoms with Crippen LogP contribution in [-0.2, 0) is 16.2 Å². The molecule has 0 saturated heterocycles. The van der Waals surface area contributed by atoms with Gasteiger partial charge in [-0.3, -0.25) is 4.57 Å². The molecule has 0 saturated carbocycles. The molecular weight excluding hydrogens is 709 g/mol. The number of hydrogen-bond acceptors (Lipinski definition) is 4. The molecule has 0 bridgehead atoms. The third kappa shape index (κ3) is 6.68. The van der Waals surface area contributed by atoms with Crippen LogP contribution in [0.3, 0.4) is 0 Å². The highest BCUT2D eigenvalue weighted by Gasteiger charge is 2.30. The number of hydrogen-bond donors (Lipinski definition) is 0. The average molecular weight is 761 g/mol. The Bertz CT molecular complexity index is 2780. The molecule has 6 aromatic carbocycles. The van der Waals surface area contributed by atoms with Gasteiger partial charge in [0.25, 0.3) is 0 Å². The van der Waals surface area contributed by atoms with Crippen molar-refractivity contribution in [3.63, 3.8) is 0 Å². The number of anilines is 4. The van der Waals surface area contributed by atoms with Crippen molar-refractivity contribution in [1.29, 1.82) is 0 Å². The van der Waals surface area contributed by atoms with Gasteiger partial charge in [0.15, 0.2) is 0 Å². The second-order valence-corrected chi connectivity index (χ2v) is 18.3. The maximum absolute atomic E-state index is 6.92. The fourth-order valence-corrected chi connectivity index (χ4v) is 8.38. The lowest BCUT2D eigenvalue weighted by atomic mass is 9.78. The van der Waals surface area contributed by atoms with Gasteiger partial charge >= 0.3 is 0 Å². The van der Waals surface area contributed by atoms with Crippen LogP contribution in [0.2, 0.25) is 0 Å². The summed E-state index contributed by atoms with van der Waals surface area (Å²) in [4.78, 5) is 9.79. The minimum atomic E-state index is -0.203. The molecule has 5 heteroatoms. The van der Waals surface area contributed by atoms with Gasteiger partial charge in [0, 0.05) is 45.9 Å². The number of para-hydroxylation sites is 3. The Morgan fingerprint density at radius 2 is 1.10 bits per heavy atom. The van der Waals surface area contributed by atoms with Gasteiger partial charge in [-0.15, -0.1) is 0 Å². The van der Waals surface area contributed by atoms with Crippen LogP contribution in [0.25, 0.3) is 27.6 Å². The van der Waals surface area contributed by atoms with Crippen LogP contribution in [0.1, 0.15) is 77.6 Å². The normalized spacial score (nSPS) is 13.4. The summed E-state index contributed by atoms with van der Waals surface area (Å²) in [6, 6.07) is 54.6. The maximum atomic E-state index is 6.92. The Kier molecular flexibility index (Phi) is 8.96. The van der Waals surface area contributed by atoms with Crippen molar-refractivity contribution >= 4 is 44.6 Å². The van der Waals surface area contributed by atoms with Gasteiger partial charge in [0.2, 0.25) is 0 Å². The Balaban J connectivity index is 1.11. The second kappa shape index (κ2) is 13.9. The van der Waals surface area contributed by atoms with Gasteiger partial charge in [0.05, 0.1) is 22.4 Å². The van der Waals surface area contributed by atoms with Crippen molar-refractivity contribution in [2.24, 2.45) is 0 Å². The molecule has 5 nitrogen and oxygen atoms in total. The van der Waals surface area contributed by atoms with Crippen LogP contribution in [0.15, 0.2) is 158 Å². The van der Waals surface area contributed by atoms with E-state index in [1.165, 1.54) is 44.7 Å². The maximum Gasteiger partial charge on any atom is 0.137 e. The lowest BCUT2D eigenvalue weighted by molar-refractivity contribution is 0.479. The first kappa shape index (κ1) is 37.3. The van der Waals surface area contributed by atoms with Crippen LogP contribution in [-0.4, -0.2) is 16.2 Å². The number of benzene rings is 6. The average Bonchev–Trinajstić information content (AvgIpc) is 3.77. The van der Waals surface area contributed by atoms with E-state index in [1.807, 2.05) is 6.20 Å². The Labute approximate surface area is 343 Å². The third-order valence-electron chi connectivity index (χ3n) is 11.9. The van der Waals surface area contributed by atoms with Crippen molar-refractivity contribution in [3.8, 4) is 17.3 Å². The first-order chi connectivity index (χ1) is 27.8. The van der Waals surface area contributed by atoms with Gasteiger partial charge in [-0.05, 0) is 99.8 Å². The molecule has 0 amide bonds. The molecule has 3 heterocycles. The minimum absolute atomic E-state index is 0.0973. The van der Waals surface area contributed by atoms with E-state index in [4.69, 9.17) is 9.72 Å². The van der Waals surface area contributed by atoms with E-state index in [-0.39, 0.29) is 16.2 Å². The van der Waals surface area contributed by atoms with Crippen LogP contribution in [0, 0.1) is 0 Å². The molecule has 0 N–H and O–H groups in total. The summed E-state index contributed by atoms with van der Waals surface area (Å²) < 4.78 is 9.20. The summed E-state index contributed by atoms with van der Waals surface area (Å²) in [5.41, 5.74) is 11.6. The standard InChI is InChI=1S/C53H52N4O/c1-51(2,3)36-22-24-40(25-23-36)55-35-56(48-21-15-14-20-47(48)55)41-30-39(52(4,5)6)31-43(33-41)58-42-26-27-45-44-18-12-13-19-46(44)57(49(45)34-42)50-32-38(28-29-54-50)53(7,8)37-16-10-9-11-17-37/h9-34H,35H2,1-8H3. The third-order valence-corrected chi connectivity index (χ3v) is 11.9. The summed E-state index contributed by atoms with van der Waals surface area (Å²) in [5.74, 6) is 2.46. The predicted octanol–water partition coefficient (Wildman–Crippen LogP) is 14.1. The Morgan fingerprint density at radius 1 is 0.466 bits per heavy atom. The first-order valence-electron chi connectivity index (χ1n) is 20.4. The van der Waals surface area contributed by atoms with Crippen molar-refractivity contribution in [2.75, 3.05) is 16.5 Å². The van der Waals surface area contributed by atoms with Gasteiger partial charge in [-0.1, -0.05) is 128 Å². The first-order valence-corrected chi connectivity index (χ1v) is 20.4. The highest BCUT2D eigenvalue weighted by atomic mass is 16.5. The molecule has 0 spiro atoms. The summed E-state index contributed by atoms with van der Waals surface area (Å²) in [6.07, 6.45) is 1.94. The Morgan fingerprint density at radius 3 is 1.81 bits per heavy atom. The number of fused-ring (bicyclic) bond motifs is 4. The van der Waals surface area contributed by atoms with E-state index >= 15 is 0 Å². The topological polar surface area (TPSA) is 33.5 Å². The number of pyridine rings is 1. The van der Waals surface area contributed by atoms with E-state index in [9.17, 15) is 0 Å². The molecule has 0 unspecified atom stereocenters. The number of ether oxygens (including phenoxy) is 1. The summed E-state index contributed by atoms with van der Waals surface area (Å²) in [6.45, 7) is 18.8. The van der Waals surface area contributed by atoms with Crippen LogP contribution in [0.5, 0.6) is 11.5 Å². The molecule has 8 aromatic rings. The van der Waals surface area contributed by atoms with E-state index in [0.717, 1.165) is 39.4 Å². The lowest BCUT2D eigenvalue weighted by Gasteiger charge is -2.26. The highest BCUT2D eigenvalue weighted by Crippen LogP contribution is 2.46. The van der Waals surface area contributed by atoms with E-state index in [2.05, 4.69) is 221 Å². The van der Waals surface area contributed by atoms with E-state index in [1.54, 1.807) is 0 Å². The van der Waals surface area contributed by atoms with Gasteiger partial charge in [0.1, 0.15) is 24.0 Å².